The van der Waals surface area contributed by atoms with Crippen molar-refractivity contribution in [2.45, 2.75) is 26.3 Å². The Morgan fingerprint density at radius 3 is 2.86 bits per heavy atom. The minimum Gasteiger partial charge on any atom is -0.493 e. The van der Waals surface area contributed by atoms with Crippen LogP contribution in [-0.4, -0.2) is 38.6 Å². The van der Waals surface area contributed by atoms with Crippen molar-refractivity contribution in [1.29, 1.82) is 0 Å². The number of aliphatic hydroxyl groups excluding tert-OH is 1. The Bertz CT molecular complexity index is 433. The van der Waals surface area contributed by atoms with Gasteiger partial charge in [-0.25, -0.2) is 0 Å². The smallest absolute Gasteiger partial charge is 0.203 e. The minimum absolute atomic E-state index is 0.248. The Labute approximate surface area is 126 Å². The molecule has 5 nitrogen and oxygen atoms in total. The van der Waals surface area contributed by atoms with Crippen LogP contribution < -0.4 is 19.5 Å². The molecule has 2 rings (SSSR count). The standard InChI is InChI=1S/C16H25NO4/c1-3-12(4-5-18)10-17-11-13-8-14(19-2)16-15(9-13)20-6-7-21-16/h8-9,12,17-18H,3-7,10-11H2,1-2H3. The maximum absolute atomic E-state index is 9.01. The highest BCUT2D eigenvalue weighted by atomic mass is 16.6. The summed E-state index contributed by atoms with van der Waals surface area (Å²) in [6.45, 7) is 5.16. The van der Waals surface area contributed by atoms with Crippen LogP contribution >= 0.6 is 0 Å². The molecule has 1 aliphatic rings. The van der Waals surface area contributed by atoms with Crippen molar-refractivity contribution in [3.8, 4) is 17.2 Å². The van der Waals surface area contributed by atoms with Crippen LogP contribution in [0.25, 0.3) is 0 Å². The highest BCUT2D eigenvalue weighted by molar-refractivity contribution is 5.54. The summed E-state index contributed by atoms with van der Waals surface area (Å²) in [7, 11) is 1.64. The molecule has 1 atom stereocenters. The Hall–Kier alpha value is -1.46. The molecule has 0 saturated carbocycles. The van der Waals surface area contributed by atoms with Crippen LogP contribution in [0.4, 0.5) is 0 Å². The third kappa shape index (κ3) is 4.25. The van der Waals surface area contributed by atoms with Gasteiger partial charge in [0.05, 0.1) is 7.11 Å². The molecule has 1 unspecified atom stereocenters. The zero-order valence-corrected chi connectivity index (χ0v) is 12.9. The lowest BCUT2D eigenvalue weighted by Crippen LogP contribution is -2.23. The summed E-state index contributed by atoms with van der Waals surface area (Å²) in [6.07, 6.45) is 1.91. The average molecular weight is 295 g/mol. The van der Waals surface area contributed by atoms with Gasteiger partial charge in [0.1, 0.15) is 13.2 Å². The van der Waals surface area contributed by atoms with Crippen molar-refractivity contribution < 1.29 is 19.3 Å². The van der Waals surface area contributed by atoms with Crippen LogP contribution in [-0.2, 0) is 6.54 Å². The molecule has 0 aliphatic carbocycles. The molecule has 0 fully saturated rings. The second kappa shape index (κ2) is 8.10. The predicted molar refractivity (Wildman–Crippen MR) is 81.2 cm³/mol. The fourth-order valence-corrected chi connectivity index (χ4v) is 2.48. The summed E-state index contributed by atoms with van der Waals surface area (Å²) >= 11 is 0. The average Bonchev–Trinajstić information content (AvgIpc) is 2.53. The SMILES string of the molecule is CCC(CCO)CNCc1cc(OC)c2c(c1)OCCO2. The number of rotatable bonds is 8. The molecule has 118 valence electrons. The number of nitrogens with one attached hydrogen (secondary N) is 1. The third-order valence-electron chi connectivity index (χ3n) is 3.76. The van der Waals surface area contributed by atoms with Gasteiger partial charge in [0.15, 0.2) is 11.5 Å². The Morgan fingerprint density at radius 1 is 1.33 bits per heavy atom. The molecule has 1 aromatic rings. The number of methoxy groups -OCH3 is 1. The fourth-order valence-electron chi connectivity index (χ4n) is 2.48. The number of fused-ring (bicyclic) bond motifs is 1. The normalized spacial score (nSPS) is 14.8. The van der Waals surface area contributed by atoms with Gasteiger partial charge in [0, 0.05) is 13.2 Å². The van der Waals surface area contributed by atoms with E-state index in [1.165, 1.54) is 0 Å². The summed E-state index contributed by atoms with van der Waals surface area (Å²) in [6, 6.07) is 3.98. The van der Waals surface area contributed by atoms with Gasteiger partial charge in [-0.05, 0) is 36.6 Å². The Morgan fingerprint density at radius 2 is 2.14 bits per heavy atom. The minimum atomic E-state index is 0.248. The first-order valence-electron chi connectivity index (χ1n) is 7.56. The predicted octanol–water partition coefficient (Wildman–Crippen LogP) is 1.96. The monoisotopic (exact) mass is 295 g/mol. The molecule has 0 spiro atoms. The van der Waals surface area contributed by atoms with E-state index in [2.05, 4.69) is 12.2 Å². The van der Waals surface area contributed by atoms with Crippen molar-refractivity contribution in [3.05, 3.63) is 17.7 Å². The maximum atomic E-state index is 9.01. The highest BCUT2D eigenvalue weighted by Crippen LogP contribution is 2.40. The third-order valence-corrected chi connectivity index (χ3v) is 3.76. The molecule has 0 amide bonds. The van der Waals surface area contributed by atoms with E-state index in [1.807, 2.05) is 12.1 Å². The van der Waals surface area contributed by atoms with Gasteiger partial charge in [-0.1, -0.05) is 13.3 Å². The molecule has 21 heavy (non-hydrogen) atoms. The molecule has 0 aromatic heterocycles. The van der Waals surface area contributed by atoms with Crippen LogP contribution in [0.2, 0.25) is 0 Å². The van der Waals surface area contributed by atoms with Gasteiger partial charge >= 0.3 is 0 Å². The Kier molecular flexibility index (Phi) is 6.14. The molecular weight excluding hydrogens is 270 g/mol. The van der Waals surface area contributed by atoms with Crippen molar-refractivity contribution >= 4 is 0 Å². The summed E-state index contributed by atoms with van der Waals surface area (Å²) < 4.78 is 16.6. The lowest BCUT2D eigenvalue weighted by molar-refractivity contribution is 0.165. The van der Waals surface area contributed by atoms with Crippen molar-refractivity contribution in [2.75, 3.05) is 33.5 Å². The molecule has 0 bridgehead atoms. The number of benzene rings is 1. The number of aliphatic hydroxyl groups is 1. The number of hydrogen-bond donors (Lipinski definition) is 2. The molecule has 1 aliphatic heterocycles. The number of ether oxygens (including phenoxy) is 3. The molecule has 0 radical (unpaired) electrons. The largest absolute Gasteiger partial charge is 0.493 e. The maximum Gasteiger partial charge on any atom is 0.203 e. The van der Waals surface area contributed by atoms with Gasteiger partial charge in [0.2, 0.25) is 5.75 Å². The summed E-state index contributed by atoms with van der Waals surface area (Å²) in [5.41, 5.74) is 1.11. The second-order valence-electron chi connectivity index (χ2n) is 5.24. The van der Waals surface area contributed by atoms with E-state index in [4.69, 9.17) is 19.3 Å². The van der Waals surface area contributed by atoms with Crippen molar-refractivity contribution in [2.24, 2.45) is 5.92 Å². The molecule has 1 aromatic carbocycles. The lowest BCUT2D eigenvalue weighted by atomic mass is 10.0. The first-order valence-corrected chi connectivity index (χ1v) is 7.56. The number of hydrogen-bond acceptors (Lipinski definition) is 5. The van der Waals surface area contributed by atoms with Gasteiger partial charge in [-0.2, -0.15) is 0 Å². The first-order chi connectivity index (χ1) is 10.3. The van der Waals surface area contributed by atoms with Gasteiger partial charge in [0.25, 0.3) is 0 Å². The zero-order chi connectivity index (χ0) is 15.1. The van der Waals surface area contributed by atoms with Crippen LogP contribution in [0.15, 0.2) is 12.1 Å². The molecular formula is C16H25NO4. The van der Waals surface area contributed by atoms with E-state index in [1.54, 1.807) is 7.11 Å². The summed E-state index contributed by atoms with van der Waals surface area (Å²) in [5, 5.41) is 12.4. The van der Waals surface area contributed by atoms with Gasteiger partial charge < -0.3 is 24.6 Å². The van der Waals surface area contributed by atoms with Crippen molar-refractivity contribution in [1.82, 2.24) is 5.32 Å². The molecule has 0 saturated heterocycles. The van der Waals surface area contributed by atoms with E-state index < -0.39 is 0 Å². The van der Waals surface area contributed by atoms with E-state index >= 15 is 0 Å². The van der Waals surface area contributed by atoms with Crippen LogP contribution in [0.3, 0.4) is 0 Å². The van der Waals surface area contributed by atoms with Gasteiger partial charge in [-0.15, -0.1) is 0 Å². The first kappa shape index (κ1) is 15.9. The lowest BCUT2D eigenvalue weighted by Gasteiger charge is -2.22. The van der Waals surface area contributed by atoms with Crippen LogP contribution in [0.1, 0.15) is 25.3 Å². The van der Waals surface area contributed by atoms with E-state index in [9.17, 15) is 0 Å². The van der Waals surface area contributed by atoms with E-state index in [0.717, 1.165) is 37.2 Å². The highest BCUT2D eigenvalue weighted by Gasteiger charge is 2.18. The zero-order valence-electron chi connectivity index (χ0n) is 12.9. The molecule has 1 heterocycles. The van der Waals surface area contributed by atoms with E-state index in [0.29, 0.717) is 30.6 Å². The van der Waals surface area contributed by atoms with Gasteiger partial charge in [-0.3, -0.25) is 0 Å². The summed E-state index contributed by atoms with van der Waals surface area (Å²) in [4.78, 5) is 0. The topological polar surface area (TPSA) is 60.0 Å². The molecule has 5 heteroatoms. The van der Waals surface area contributed by atoms with Crippen LogP contribution in [0, 0.1) is 5.92 Å². The second-order valence-corrected chi connectivity index (χ2v) is 5.24. The molecule has 2 N–H and O–H groups in total. The van der Waals surface area contributed by atoms with E-state index in [-0.39, 0.29) is 6.61 Å². The quantitative estimate of drug-likeness (QED) is 0.768. The fraction of sp³-hybridized carbons (Fsp3) is 0.625. The summed E-state index contributed by atoms with van der Waals surface area (Å²) in [5.74, 6) is 2.67. The van der Waals surface area contributed by atoms with Crippen LogP contribution in [0.5, 0.6) is 17.2 Å². The Balaban J connectivity index is 1.97. The van der Waals surface area contributed by atoms with Crippen molar-refractivity contribution in [3.63, 3.8) is 0 Å².